The number of anilines is 1. The molecule has 0 aliphatic carbocycles. The molecule has 0 radical (unpaired) electrons. The van der Waals surface area contributed by atoms with Crippen LogP contribution in [0.5, 0.6) is 0 Å². The maximum Gasteiger partial charge on any atom is 0.243 e. The van der Waals surface area contributed by atoms with Gasteiger partial charge in [0.1, 0.15) is 6.04 Å². The third-order valence-electron chi connectivity index (χ3n) is 3.20. The fraction of sp³-hybridized carbons (Fsp3) is 0.357. The number of amides is 3. The molecule has 2 rings (SSSR count). The molecular weight excluding hydrogens is 338 g/mol. The third-order valence-corrected chi connectivity index (χ3v) is 3.69. The smallest absolute Gasteiger partial charge is 0.243 e. The van der Waals surface area contributed by atoms with Gasteiger partial charge in [0.2, 0.25) is 17.7 Å². The molecule has 7 heteroatoms. The Bertz CT molecular complexity index is 589. The van der Waals surface area contributed by atoms with Crippen LogP contribution in [0.25, 0.3) is 0 Å². The maximum absolute atomic E-state index is 11.8. The minimum absolute atomic E-state index is 0.124. The number of halogens is 1. The number of hydrogen-bond donors (Lipinski definition) is 3. The predicted octanol–water partition coefficient (Wildman–Crippen LogP) is 1.09. The van der Waals surface area contributed by atoms with Gasteiger partial charge in [-0.15, -0.1) is 0 Å². The Kier molecular flexibility index (Phi) is 4.95. The normalized spacial score (nSPS) is 17.2. The Labute approximate surface area is 130 Å². The van der Waals surface area contributed by atoms with E-state index in [-0.39, 0.29) is 24.3 Å². The molecule has 0 unspecified atom stereocenters. The van der Waals surface area contributed by atoms with Gasteiger partial charge in [-0.3, -0.25) is 14.4 Å². The summed E-state index contributed by atoms with van der Waals surface area (Å²) >= 11 is 3.35. The first-order valence-electron chi connectivity index (χ1n) is 6.59. The van der Waals surface area contributed by atoms with Crippen LogP contribution in [0, 0.1) is 6.92 Å². The van der Waals surface area contributed by atoms with Crippen molar-refractivity contribution in [1.29, 1.82) is 0 Å². The molecule has 1 aliphatic rings. The van der Waals surface area contributed by atoms with Gasteiger partial charge in [-0.2, -0.15) is 0 Å². The van der Waals surface area contributed by atoms with Crippen LogP contribution >= 0.6 is 15.9 Å². The van der Waals surface area contributed by atoms with Crippen LogP contribution in [0.2, 0.25) is 0 Å². The van der Waals surface area contributed by atoms with Crippen LogP contribution in [-0.2, 0) is 14.4 Å². The Hall–Kier alpha value is -1.89. The molecule has 1 aromatic carbocycles. The number of aryl methyl sites for hydroxylation is 1. The summed E-state index contributed by atoms with van der Waals surface area (Å²) in [6.07, 6.45) is 0.820. The topological polar surface area (TPSA) is 87.3 Å². The van der Waals surface area contributed by atoms with Gasteiger partial charge < -0.3 is 16.0 Å². The Morgan fingerprint density at radius 1 is 1.43 bits per heavy atom. The summed E-state index contributed by atoms with van der Waals surface area (Å²) in [5.41, 5.74) is 1.62. The zero-order valence-corrected chi connectivity index (χ0v) is 13.1. The predicted molar refractivity (Wildman–Crippen MR) is 81.7 cm³/mol. The lowest BCUT2D eigenvalue weighted by atomic mass is 10.2. The van der Waals surface area contributed by atoms with Crippen molar-refractivity contribution < 1.29 is 14.4 Å². The van der Waals surface area contributed by atoms with E-state index in [1.807, 2.05) is 19.1 Å². The average Bonchev–Trinajstić information content (AvgIpc) is 2.86. The second kappa shape index (κ2) is 6.71. The quantitative estimate of drug-likeness (QED) is 0.757. The van der Waals surface area contributed by atoms with Crippen LogP contribution in [0.1, 0.15) is 18.4 Å². The van der Waals surface area contributed by atoms with Crippen LogP contribution < -0.4 is 16.0 Å². The summed E-state index contributed by atoms with van der Waals surface area (Å²) in [7, 11) is 0. The summed E-state index contributed by atoms with van der Waals surface area (Å²) in [6.45, 7) is 1.76. The monoisotopic (exact) mass is 353 g/mol. The summed E-state index contributed by atoms with van der Waals surface area (Å²) in [5.74, 6) is -0.772. The molecule has 3 N–H and O–H groups in total. The molecule has 1 heterocycles. The van der Waals surface area contributed by atoms with E-state index in [1.165, 1.54) is 0 Å². The third kappa shape index (κ3) is 4.29. The van der Waals surface area contributed by atoms with E-state index in [0.717, 1.165) is 10.0 Å². The largest absolute Gasteiger partial charge is 0.345 e. The molecule has 3 amide bonds. The fourth-order valence-electron chi connectivity index (χ4n) is 2.06. The van der Waals surface area contributed by atoms with Crippen molar-refractivity contribution in [3.05, 3.63) is 28.2 Å². The van der Waals surface area contributed by atoms with Crippen molar-refractivity contribution in [2.45, 2.75) is 25.8 Å². The summed E-state index contributed by atoms with van der Waals surface area (Å²) < 4.78 is 0.934. The van der Waals surface area contributed by atoms with Gasteiger partial charge in [0.15, 0.2) is 0 Å². The molecule has 6 nitrogen and oxygen atoms in total. The molecule has 0 aromatic heterocycles. The van der Waals surface area contributed by atoms with Gasteiger partial charge in [0, 0.05) is 16.6 Å². The fourth-order valence-corrected chi connectivity index (χ4v) is 2.54. The van der Waals surface area contributed by atoms with Crippen molar-refractivity contribution in [1.82, 2.24) is 10.6 Å². The van der Waals surface area contributed by atoms with E-state index < -0.39 is 6.04 Å². The van der Waals surface area contributed by atoms with E-state index in [1.54, 1.807) is 6.07 Å². The molecule has 21 heavy (non-hydrogen) atoms. The average molecular weight is 354 g/mol. The number of rotatable bonds is 4. The maximum atomic E-state index is 11.8. The first-order chi connectivity index (χ1) is 9.95. The highest BCUT2D eigenvalue weighted by Gasteiger charge is 2.27. The van der Waals surface area contributed by atoms with E-state index >= 15 is 0 Å². The Morgan fingerprint density at radius 2 is 2.19 bits per heavy atom. The first kappa shape index (κ1) is 15.5. The molecule has 1 fully saturated rings. The van der Waals surface area contributed by atoms with Crippen LogP contribution in [0.15, 0.2) is 22.7 Å². The van der Waals surface area contributed by atoms with Crippen molar-refractivity contribution in [2.24, 2.45) is 0 Å². The molecule has 1 aromatic rings. The number of benzene rings is 1. The second-order valence-corrected chi connectivity index (χ2v) is 5.80. The lowest BCUT2D eigenvalue weighted by Gasteiger charge is -2.12. The van der Waals surface area contributed by atoms with Crippen molar-refractivity contribution in [2.75, 3.05) is 11.9 Å². The van der Waals surface area contributed by atoms with Gasteiger partial charge in [0.25, 0.3) is 0 Å². The molecule has 0 spiro atoms. The molecule has 1 aliphatic heterocycles. The molecular formula is C14H16BrN3O3. The van der Waals surface area contributed by atoms with Crippen molar-refractivity contribution in [3.8, 4) is 0 Å². The van der Waals surface area contributed by atoms with Crippen molar-refractivity contribution in [3.63, 3.8) is 0 Å². The van der Waals surface area contributed by atoms with Gasteiger partial charge in [0.05, 0.1) is 6.54 Å². The van der Waals surface area contributed by atoms with Gasteiger partial charge in [-0.05, 0) is 37.1 Å². The minimum atomic E-state index is -0.528. The molecule has 0 saturated carbocycles. The van der Waals surface area contributed by atoms with Crippen LogP contribution in [-0.4, -0.2) is 30.3 Å². The standard InChI is InChI=1S/C14H16BrN3O3/c1-8-6-9(15)2-3-10(8)17-13(20)7-16-14(21)11-4-5-12(19)18-11/h2-3,6,11H,4-5,7H2,1H3,(H,16,21)(H,17,20)(H,18,19)/t11-/m0/s1. The number of carbonyl (C=O) groups excluding carboxylic acids is 3. The zero-order chi connectivity index (χ0) is 15.4. The van der Waals surface area contributed by atoms with Gasteiger partial charge in [-0.25, -0.2) is 0 Å². The van der Waals surface area contributed by atoms with Crippen molar-refractivity contribution >= 4 is 39.3 Å². The number of nitrogens with one attached hydrogen (secondary N) is 3. The van der Waals surface area contributed by atoms with E-state index in [9.17, 15) is 14.4 Å². The number of hydrogen-bond acceptors (Lipinski definition) is 3. The Morgan fingerprint density at radius 3 is 2.81 bits per heavy atom. The van der Waals surface area contributed by atoms with Gasteiger partial charge >= 0.3 is 0 Å². The highest BCUT2D eigenvalue weighted by molar-refractivity contribution is 9.10. The lowest BCUT2D eigenvalue weighted by molar-refractivity contribution is -0.127. The Balaban J connectivity index is 1.82. The number of carbonyl (C=O) groups is 3. The molecule has 1 saturated heterocycles. The van der Waals surface area contributed by atoms with E-state index in [0.29, 0.717) is 18.5 Å². The highest BCUT2D eigenvalue weighted by atomic mass is 79.9. The second-order valence-electron chi connectivity index (χ2n) is 4.88. The highest BCUT2D eigenvalue weighted by Crippen LogP contribution is 2.19. The molecule has 112 valence electrons. The van der Waals surface area contributed by atoms with Gasteiger partial charge in [-0.1, -0.05) is 15.9 Å². The molecule has 1 atom stereocenters. The zero-order valence-electron chi connectivity index (χ0n) is 11.5. The molecule has 0 bridgehead atoms. The minimum Gasteiger partial charge on any atom is -0.345 e. The summed E-state index contributed by atoms with van der Waals surface area (Å²) in [4.78, 5) is 34.6. The summed E-state index contributed by atoms with van der Waals surface area (Å²) in [5, 5.41) is 7.81. The lowest BCUT2D eigenvalue weighted by Crippen LogP contribution is -2.44. The van der Waals surface area contributed by atoms with Crippen LogP contribution in [0.3, 0.4) is 0 Å². The van der Waals surface area contributed by atoms with E-state index in [4.69, 9.17) is 0 Å². The van der Waals surface area contributed by atoms with Crippen LogP contribution in [0.4, 0.5) is 5.69 Å². The summed E-state index contributed by atoms with van der Waals surface area (Å²) in [6, 6.07) is 4.98. The van der Waals surface area contributed by atoms with E-state index in [2.05, 4.69) is 31.9 Å². The first-order valence-corrected chi connectivity index (χ1v) is 7.38. The SMILES string of the molecule is Cc1cc(Br)ccc1NC(=O)CNC(=O)[C@@H]1CCC(=O)N1.